The molecule has 1 aliphatic rings. The van der Waals surface area contributed by atoms with Crippen molar-refractivity contribution in [3.8, 4) is 0 Å². The largest absolute Gasteiger partial charge is 0.440 e. The van der Waals surface area contributed by atoms with Crippen LogP contribution in [0.1, 0.15) is 23.2 Å². The van der Waals surface area contributed by atoms with E-state index in [0.29, 0.717) is 59.7 Å². The summed E-state index contributed by atoms with van der Waals surface area (Å²) in [7, 11) is 0. The number of oxazole rings is 1. The smallest absolute Gasteiger partial charge is 0.260 e. The number of anilines is 1. The van der Waals surface area contributed by atoms with Gasteiger partial charge in [-0.1, -0.05) is 12.1 Å². The normalized spacial score (nSPS) is 14.9. The predicted octanol–water partition coefficient (Wildman–Crippen LogP) is 3.22. The van der Waals surface area contributed by atoms with Crippen LogP contribution in [-0.4, -0.2) is 57.9 Å². The van der Waals surface area contributed by atoms with Crippen LogP contribution in [0.4, 0.5) is 14.7 Å². The minimum Gasteiger partial charge on any atom is -0.440 e. The Morgan fingerprint density at radius 2 is 1.85 bits per heavy atom. The van der Waals surface area contributed by atoms with E-state index in [1.807, 2.05) is 11.0 Å². The fourth-order valence-corrected chi connectivity index (χ4v) is 3.98. The third kappa shape index (κ3) is 4.28. The van der Waals surface area contributed by atoms with E-state index in [2.05, 4.69) is 15.0 Å². The fraction of sp³-hybridized carbons (Fsp3) is 0.304. The average Bonchev–Trinajstić information content (AvgIpc) is 3.18. The first-order valence-corrected chi connectivity index (χ1v) is 10.6. The number of piperazine rings is 1. The highest BCUT2D eigenvalue weighted by Gasteiger charge is 2.26. The number of H-pyrrole nitrogens is 1. The van der Waals surface area contributed by atoms with Crippen LogP contribution < -0.4 is 10.5 Å². The highest BCUT2D eigenvalue weighted by molar-refractivity contribution is 5.97. The van der Waals surface area contributed by atoms with Gasteiger partial charge in [0, 0.05) is 31.7 Å². The zero-order chi connectivity index (χ0) is 23.2. The lowest BCUT2D eigenvalue weighted by atomic mass is 10.1. The van der Waals surface area contributed by atoms with Gasteiger partial charge in [0.15, 0.2) is 5.58 Å². The van der Waals surface area contributed by atoms with Crippen LogP contribution in [0.3, 0.4) is 0 Å². The lowest BCUT2D eigenvalue weighted by Gasteiger charge is -2.35. The minimum absolute atomic E-state index is 0.0624. The van der Waals surface area contributed by atoms with E-state index in [0.717, 1.165) is 6.92 Å². The summed E-state index contributed by atoms with van der Waals surface area (Å²) in [4.78, 5) is 40.5. The Hall–Kier alpha value is -3.82. The molecule has 4 aromatic rings. The van der Waals surface area contributed by atoms with Crippen LogP contribution in [0.25, 0.3) is 22.0 Å². The maximum Gasteiger partial charge on any atom is 0.260 e. The Morgan fingerprint density at radius 3 is 2.61 bits per heavy atom. The summed E-state index contributed by atoms with van der Waals surface area (Å²) in [6, 6.07) is 11.9. The number of nitrogens with one attached hydrogen (secondary N) is 1. The minimum atomic E-state index is -2.93. The number of alkyl halides is 2. The number of amides is 1. The first kappa shape index (κ1) is 21.0. The van der Waals surface area contributed by atoms with Crippen LogP contribution in [0, 0.1) is 0 Å². The second kappa shape index (κ2) is 7.95. The Balaban J connectivity index is 1.29. The van der Waals surface area contributed by atoms with Crippen LogP contribution in [0.2, 0.25) is 0 Å². The zero-order valence-corrected chi connectivity index (χ0v) is 17.8. The summed E-state index contributed by atoms with van der Waals surface area (Å²) in [5.41, 5.74) is 1.57. The van der Waals surface area contributed by atoms with Crippen molar-refractivity contribution in [2.45, 2.75) is 19.3 Å². The number of carbonyl (C=O) groups is 1. The molecule has 10 heteroatoms. The van der Waals surface area contributed by atoms with Crippen molar-refractivity contribution in [3.63, 3.8) is 0 Å². The van der Waals surface area contributed by atoms with E-state index in [-0.39, 0.29) is 17.4 Å². The Bertz CT molecular complexity index is 1400. The molecular formula is C23H21F2N5O3. The molecule has 0 spiro atoms. The van der Waals surface area contributed by atoms with Crippen molar-refractivity contribution >= 4 is 33.9 Å². The predicted molar refractivity (Wildman–Crippen MR) is 119 cm³/mol. The lowest BCUT2D eigenvalue weighted by Crippen LogP contribution is -2.49. The summed E-state index contributed by atoms with van der Waals surface area (Å²) in [6.07, 6.45) is -0.599. The molecule has 33 heavy (non-hydrogen) atoms. The van der Waals surface area contributed by atoms with Gasteiger partial charge in [-0.15, -0.1) is 0 Å². The third-order valence-electron chi connectivity index (χ3n) is 5.61. The van der Waals surface area contributed by atoms with Crippen LogP contribution in [-0.2, 0) is 6.42 Å². The number of aromatic amines is 1. The van der Waals surface area contributed by atoms with Crippen molar-refractivity contribution in [1.29, 1.82) is 0 Å². The molecule has 1 N–H and O–H groups in total. The number of para-hydroxylation sites is 1. The molecule has 0 radical (unpaired) electrons. The van der Waals surface area contributed by atoms with Crippen LogP contribution in [0.5, 0.6) is 0 Å². The number of benzene rings is 2. The molecule has 5 rings (SSSR count). The highest BCUT2D eigenvalue weighted by atomic mass is 19.3. The van der Waals surface area contributed by atoms with E-state index in [4.69, 9.17) is 4.42 Å². The Morgan fingerprint density at radius 1 is 1.09 bits per heavy atom. The number of halogens is 2. The molecule has 1 saturated heterocycles. The van der Waals surface area contributed by atoms with Gasteiger partial charge in [-0.05, 0) is 37.3 Å². The van der Waals surface area contributed by atoms with Crippen molar-refractivity contribution in [1.82, 2.24) is 19.9 Å². The van der Waals surface area contributed by atoms with E-state index >= 15 is 0 Å². The monoisotopic (exact) mass is 453 g/mol. The molecule has 8 nitrogen and oxygen atoms in total. The first-order valence-electron chi connectivity index (χ1n) is 10.6. The number of aromatic nitrogens is 3. The van der Waals surface area contributed by atoms with Gasteiger partial charge >= 0.3 is 0 Å². The molecule has 0 atom stereocenters. The zero-order valence-electron chi connectivity index (χ0n) is 17.8. The summed E-state index contributed by atoms with van der Waals surface area (Å²) in [6.45, 7) is 2.71. The van der Waals surface area contributed by atoms with E-state index in [1.54, 1.807) is 41.3 Å². The SMILES string of the molecule is CC(F)(F)Cc1nc2cc(C(=O)N3CCN(c4nc5ccccc5c(=O)[nH]4)CC3)ccc2o1. The third-order valence-corrected chi connectivity index (χ3v) is 5.61. The summed E-state index contributed by atoms with van der Waals surface area (Å²) in [5.74, 6) is -2.69. The topological polar surface area (TPSA) is 95.3 Å². The van der Waals surface area contributed by atoms with Gasteiger partial charge in [-0.2, -0.15) is 0 Å². The fourth-order valence-electron chi connectivity index (χ4n) is 3.98. The van der Waals surface area contributed by atoms with Gasteiger partial charge in [0.05, 0.1) is 17.3 Å². The van der Waals surface area contributed by atoms with Crippen molar-refractivity contribution in [2.24, 2.45) is 0 Å². The average molecular weight is 453 g/mol. The molecule has 2 aromatic carbocycles. The second-order valence-electron chi connectivity index (χ2n) is 8.22. The van der Waals surface area contributed by atoms with Crippen LogP contribution in [0.15, 0.2) is 51.7 Å². The van der Waals surface area contributed by atoms with Gasteiger partial charge < -0.3 is 14.2 Å². The number of carbonyl (C=O) groups excluding carboxylic acids is 1. The molecule has 1 aliphatic heterocycles. The van der Waals surface area contributed by atoms with Gasteiger partial charge in [-0.3, -0.25) is 14.6 Å². The molecule has 170 valence electrons. The molecular weight excluding hydrogens is 432 g/mol. The Kier molecular flexibility index (Phi) is 5.07. The second-order valence-corrected chi connectivity index (χ2v) is 8.22. The lowest BCUT2D eigenvalue weighted by molar-refractivity contribution is 0.0167. The van der Waals surface area contributed by atoms with Crippen molar-refractivity contribution < 1.29 is 18.0 Å². The Labute approximate surface area is 186 Å². The number of hydrogen-bond acceptors (Lipinski definition) is 6. The molecule has 1 amide bonds. The summed E-state index contributed by atoms with van der Waals surface area (Å²) in [5, 5.41) is 0.532. The van der Waals surface area contributed by atoms with Gasteiger partial charge in [0.1, 0.15) is 5.52 Å². The number of fused-ring (bicyclic) bond motifs is 2. The highest BCUT2D eigenvalue weighted by Crippen LogP contribution is 2.24. The quantitative estimate of drug-likeness (QED) is 0.510. The maximum atomic E-state index is 13.3. The van der Waals surface area contributed by atoms with Gasteiger partial charge in [0.25, 0.3) is 17.4 Å². The maximum absolute atomic E-state index is 13.3. The summed E-state index contributed by atoms with van der Waals surface area (Å²) >= 11 is 0. The van der Waals surface area contributed by atoms with Gasteiger partial charge in [0.2, 0.25) is 11.8 Å². The van der Waals surface area contributed by atoms with E-state index in [9.17, 15) is 18.4 Å². The molecule has 0 unspecified atom stereocenters. The molecule has 0 saturated carbocycles. The number of rotatable bonds is 4. The van der Waals surface area contributed by atoms with Crippen molar-refractivity contribution in [2.75, 3.05) is 31.1 Å². The molecule has 0 bridgehead atoms. The van der Waals surface area contributed by atoms with Gasteiger partial charge in [-0.25, -0.2) is 18.7 Å². The molecule has 0 aliphatic carbocycles. The van der Waals surface area contributed by atoms with Crippen LogP contribution >= 0.6 is 0 Å². The van der Waals surface area contributed by atoms with E-state index in [1.165, 1.54) is 0 Å². The number of hydrogen-bond donors (Lipinski definition) is 1. The molecule has 2 aromatic heterocycles. The standard InChI is InChI=1S/C23H21F2N5O3/c1-23(24,25)13-19-26-17-12-14(6-7-18(17)33-19)21(32)29-8-10-30(11-9-29)22-27-16-5-3-2-4-15(16)20(31)28-22/h2-7,12H,8-11,13H2,1H3,(H,27,28,31). The number of nitrogens with zero attached hydrogens (tertiary/aromatic N) is 4. The molecule has 1 fully saturated rings. The molecule has 3 heterocycles. The van der Waals surface area contributed by atoms with Crippen molar-refractivity contribution in [3.05, 3.63) is 64.3 Å². The first-order chi connectivity index (χ1) is 15.8. The summed E-state index contributed by atoms with van der Waals surface area (Å²) < 4.78 is 31.9. The van der Waals surface area contributed by atoms with E-state index < -0.39 is 12.3 Å².